The van der Waals surface area contributed by atoms with Gasteiger partial charge in [0.1, 0.15) is 12.4 Å². The maximum atomic E-state index is 12.4. The molecule has 2 aromatic heterocycles. The van der Waals surface area contributed by atoms with Gasteiger partial charge in [-0.15, -0.1) is 11.3 Å². The maximum Gasteiger partial charge on any atom is 0.261 e. The second-order valence-electron chi connectivity index (χ2n) is 5.50. The number of hydrogen-bond acceptors (Lipinski definition) is 4. The molecule has 1 N–H and O–H groups in total. The molecule has 1 aromatic carbocycles. The van der Waals surface area contributed by atoms with Crippen LogP contribution in [0.1, 0.15) is 27.9 Å². The number of hydrogen-bond donors (Lipinski definition) is 1. The van der Waals surface area contributed by atoms with Crippen molar-refractivity contribution in [2.24, 2.45) is 0 Å². The van der Waals surface area contributed by atoms with E-state index in [1.165, 1.54) is 11.3 Å². The number of carbonyl (C=O) groups excluding carboxylic acids is 1. The van der Waals surface area contributed by atoms with Crippen molar-refractivity contribution in [2.75, 3.05) is 0 Å². The van der Waals surface area contributed by atoms with Crippen molar-refractivity contribution < 1.29 is 9.53 Å². The zero-order valence-corrected chi connectivity index (χ0v) is 16.4. The number of rotatable bonds is 7. The molecule has 0 aliphatic heterocycles. The average molecular weight is 410 g/mol. The highest BCUT2D eigenvalue weighted by atomic mass is 35.5. The van der Waals surface area contributed by atoms with Gasteiger partial charge in [0.05, 0.1) is 28.3 Å². The fraction of sp³-hybridized carbons (Fsp3) is 0.222. The number of halogens is 2. The molecule has 0 radical (unpaired) electrons. The van der Waals surface area contributed by atoms with E-state index in [1.54, 1.807) is 23.0 Å². The monoisotopic (exact) mass is 409 g/mol. The first-order valence-corrected chi connectivity index (χ1v) is 9.64. The van der Waals surface area contributed by atoms with E-state index < -0.39 is 0 Å². The van der Waals surface area contributed by atoms with Gasteiger partial charge in [0.15, 0.2) is 0 Å². The molecule has 0 aliphatic rings. The summed E-state index contributed by atoms with van der Waals surface area (Å²) in [5.74, 6) is 0.543. The third kappa shape index (κ3) is 4.58. The molecule has 0 saturated carbocycles. The van der Waals surface area contributed by atoms with Gasteiger partial charge in [0, 0.05) is 17.1 Å². The van der Waals surface area contributed by atoms with Gasteiger partial charge in [0.25, 0.3) is 5.91 Å². The first kappa shape index (κ1) is 18.8. The van der Waals surface area contributed by atoms with E-state index in [0.29, 0.717) is 40.4 Å². The van der Waals surface area contributed by atoms with Crippen LogP contribution in [0.2, 0.25) is 10.0 Å². The maximum absolute atomic E-state index is 12.4. The van der Waals surface area contributed by atoms with Crippen LogP contribution >= 0.6 is 34.5 Å². The Morgan fingerprint density at radius 2 is 2.19 bits per heavy atom. The summed E-state index contributed by atoms with van der Waals surface area (Å²) in [5, 5.41) is 10.1. The van der Waals surface area contributed by atoms with Crippen LogP contribution in [-0.4, -0.2) is 15.7 Å². The Morgan fingerprint density at radius 1 is 1.35 bits per heavy atom. The number of aromatic nitrogens is 2. The van der Waals surface area contributed by atoms with Gasteiger partial charge in [-0.25, -0.2) is 0 Å². The normalized spacial score (nSPS) is 10.7. The Hall–Kier alpha value is -2.02. The lowest BCUT2D eigenvalue weighted by Crippen LogP contribution is -2.23. The van der Waals surface area contributed by atoms with Crippen molar-refractivity contribution >= 4 is 40.4 Å². The third-order valence-electron chi connectivity index (χ3n) is 3.69. The summed E-state index contributed by atoms with van der Waals surface area (Å²) in [5.41, 5.74) is 1.72. The van der Waals surface area contributed by atoms with Crippen LogP contribution in [0, 0.1) is 0 Å². The first-order chi connectivity index (χ1) is 12.6. The zero-order chi connectivity index (χ0) is 18.5. The highest BCUT2D eigenvalue weighted by Gasteiger charge is 2.13. The van der Waals surface area contributed by atoms with Gasteiger partial charge in [-0.2, -0.15) is 5.10 Å². The highest BCUT2D eigenvalue weighted by molar-refractivity contribution is 7.12. The average Bonchev–Trinajstić information content (AvgIpc) is 3.24. The van der Waals surface area contributed by atoms with E-state index in [2.05, 4.69) is 10.4 Å². The second-order valence-corrected chi connectivity index (χ2v) is 7.26. The lowest BCUT2D eigenvalue weighted by Gasteiger charge is -2.07. The molecule has 0 atom stereocenters. The Kier molecular flexibility index (Phi) is 6.19. The molecule has 0 bridgehead atoms. The molecule has 8 heteroatoms. The van der Waals surface area contributed by atoms with Crippen molar-refractivity contribution in [1.29, 1.82) is 0 Å². The van der Waals surface area contributed by atoms with E-state index in [4.69, 9.17) is 27.9 Å². The topological polar surface area (TPSA) is 56.2 Å². The van der Waals surface area contributed by atoms with Crippen molar-refractivity contribution in [1.82, 2.24) is 15.1 Å². The fourth-order valence-electron chi connectivity index (χ4n) is 2.38. The Labute approximate surface area is 165 Å². The van der Waals surface area contributed by atoms with Crippen LogP contribution in [0.15, 0.2) is 41.9 Å². The summed E-state index contributed by atoms with van der Waals surface area (Å²) in [7, 11) is 0. The van der Waals surface area contributed by atoms with Crippen molar-refractivity contribution in [2.45, 2.75) is 26.6 Å². The number of ether oxygens (including phenoxy) is 1. The number of benzene rings is 1. The molecule has 136 valence electrons. The number of nitrogens with one attached hydrogen (secondary N) is 1. The quantitative estimate of drug-likeness (QED) is 0.610. The van der Waals surface area contributed by atoms with Gasteiger partial charge >= 0.3 is 0 Å². The van der Waals surface area contributed by atoms with Crippen LogP contribution in [0.25, 0.3) is 0 Å². The highest BCUT2D eigenvalue weighted by Crippen LogP contribution is 2.21. The molecule has 26 heavy (non-hydrogen) atoms. The SMILES string of the molecule is CCn1ncc(Cl)c1CNC(=O)c1cc(COc2cccc(Cl)c2)cs1. The smallest absolute Gasteiger partial charge is 0.261 e. The third-order valence-corrected chi connectivity index (χ3v) is 5.22. The first-order valence-electron chi connectivity index (χ1n) is 8.01. The molecule has 0 aliphatic carbocycles. The van der Waals surface area contributed by atoms with Gasteiger partial charge in [-0.3, -0.25) is 9.48 Å². The van der Waals surface area contributed by atoms with Gasteiger partial charge in [-0.05, 0) is 36.6 Å². The summed E-state index contributed by atoms with van der Waals surface area (Å²) in [6, 6.07) is 9.03. The van der Waals surface area contributed by atoms with E-state index in [9.17, 15) is 4.79 Å². The molecule has 0 unspecified atom stereocenters. The molecule has 3 aromatic rings. The number of aryl methyl sites for hydroxylation is 1. The zero-order valence-electron chi connectivity index (χ0n) is 14.0. The van der Waals surface area contributed by atoms with Crippen LogP contribution < -0.4 is 10.1 Å². The molecule has 0 fully saturated rings. The van der Waals surface area contributed by atoms with Gasteiger partial charge in [0.2, 0.25) is 0 Å². The van der Waals surface area contributed by atoms with E-state index in [1.807, 2.05) is 30.5 Å². The summed E-state index contributed by atoms with van der Waals surface area (Å²) in [4.78, 5) is 13.0. The predicted octanol–water partition coefficient (Wildman–Crippen LogP) is 4.78. The Morgan fingerprint density at radius 3 is 2.96 bits per heavy atom. The minimum Gasteiger partial charge on any atom is -0.489 e. The molecule has 2 heterocycles. The van der Waals surface area contributed by atoms with Crippen LogP contribution in [0.4, 0.5) is 0 Å². The standard InChI is InChI=1S/C18H17Cl2N3O2S/c1-2-23-16(15(20)8-22-23)9-21-18(24)17-6-12(11-26-17)10-25-14-5-3-4-13(19)7-14/h3-8,11H,2,9-10H2,1H3,(H,21,24). The number of nitrogens with zero attached hydrogens (tertiary/aromatic N) is 2. The molecule has 0 spiro atoms. The number of amides is 1. The second kappa shape index (κ2) is 8.58. The van der Waals surface area contributed by atoms with Gasteiger partial charge < -0.3 is 10.1 Å². The van der Waals surface area contributed by atoms with Crippen molar-refractivity contribution in [3.8, 4) is 5.75 Å². The van der Waals surface area contributed by atoms with Crippen LogP contribution in [-0.2, 0) is 19.7 Å². The minimum atomic E-state index is -0.149. The van der Waals surface area contributed by atoms with Crippen molar-refractivity contribution in [3.63, 3.8) is 0 Å². The fourth-order valence-corrected chi connectivity index (χ4v) is 3.58. The van der Waals surface area contributed by atoms with E-state index >= 15 is 0 Å². The van der Waals surface area contributed by atoms with E-state index in [0.717, 1.165) is 11.3 Å². The van der Waals surface area contributed by atoms with E-state index in [-0.39, 0.29) is 5.91 Å². The molecule has 1 amide bonds. The molecule has 5 nitrogen and oxygen atoms in total. The Balaban J connectivity index is 1.56. The summed E-state index contributed by atoms with van der Waals surface area (Å²) < 4.78 is 7.46. The van der Waals surface area contributed by atoms with Crippen LogP contribution in [0.3, 0.4) is 0 Å². The lowest BCUT2D eigenvalue weighted by atomic mass is 10.3. The molecule has 3 rings (SSSR count). The van der Waals surface area contributed by atoms with Crippen molar-refractivity contribution in [3.05, 3.63) is 68.1 Å². The van der Waals surface area contributed by atoms with Gasteiger partial charge in [-0.1, -0.05) is 29.3 Å². The summed E-state index contributed by atoms with van der Waals surface area (Å²) >= 11 is 13.4. The minimum absolute atomic E-state index is 0.149. The molecular formula is C18H17Cl2N3O2S. The predicted molar refractivity (Wildman–Crippen MR) is 104 cm³/mol. The number of carbonyl (C=O) groups is 1. The largest absolute Gasteiger partial charge is 0.489 e. The Bertz CT molecular complexity index is 907. The van der Waals surface area contributed by atoms with Crippen LogP contribution in [0.5, 0.6) is 5.75 Å². The lowest BCUT2D eigenvalue weighted by molar-refractivity contribution is 0.0954. The molecular weight excluding hydrogens is 393 g/mol. The number of thiophene rings is 1. The summed E-state index contributed by atoms with van der Waals surface area (Å²) in [6.07, 6.45) is 1.59. The summed E-state index contributed by atoms with van der Waals surface area (Å²) in [6.45, 7) is 3.37. The molecule has 0 saturated heterocycles.